The number of benzene rings is 1. The van der Waals surface area contributed by atoms with Gasteiger partial charge in [0.1, 0.15) is 11.4 Å². The lowest BCUT2D eigenvalue weighted by atomic mass is 9.99. The molecule has 1 aromatic rings. The number of ether oxygens (including phenoxy) is 1. The Hall–Kier alpha value is -0.990. The van der Waals surface area contributed by atoms with Crippen LogP contribution in [0.1, 0.15) is 25.0 Å². The molecule has 3 heteroatoms. The summed E-state index contributed by atoms with van der Waals surface area (Å²) >= 11 is 6.06. The summed E-state index contributed by atoms with van der Waals surface area (Å²) in [4.78, 5) is 0. The van der Waals surface area contributed by atoms with Gasteiger partial charge in [-0.3, -0.25) is 0 Å². The third-order valence-corrected chi connectivity index (χ3v) is 2.72. The minimum atomic E-state index is -0.343. The van der Waals surface area contributed by atoms with Crippen molar-refractivity contribution >= 4 is 17.7 Å². The monoisotopic (exact) mass is 224 g/mol. The van der Waals surface area contributed by atoms with Crippen LogP contribution in [0.15, 0.2) is 18.2 Å². The van der Waals surface area contributed by atoms with E-state index in [0.717, 1.165) is 11.1 Å². The SMILES string of the molecule is CC1(C)C=Cc2c(CO)ccc(Cl)c2O1. The number of hydrogen-bond acceptors (Lipinski definition) is 2. The highest BCUT2D eigenvalue weighted by Gasteiger charge is 2.24. The van der Waals surface area contributed by atoms with E-state index >= 15 is 0 Å². The number of rotatable bonds is 1. The quantitative estimate of drug-likeness (QED) is 0.795. The van der Waals surface area contributed by atoms with Crippen molar-refractivity contribution in [1.29, 1.82) is 0 Å². The summed E-state index contributed by atoms with van der Waals surface area (Å²) in [5, 5.41) is 9.77. The van der Waals surface area contributed by atoms with E-state index in [0.29, 0.717) is 10.8 Å². The van der Waals surface area contributed by atoms with Gasteiger partial charge in [-0.2, -0.15) is 0 Å². The summed E-state index contributed by atoms with van der Waals surface area (Å²) in [5.41, 5.74) is 1.37. The van der Waals surface area contributed by atoms with Gasteiger partial charge < -0.3 is 9.84 Å². The van der Waals surface area contributed by atoms with Gasteiger partial charge in [-0.05, 0) is 31.6 Å². The fraction of sp³-hybridized carbons (Fsp3) is 0.333. The molecule has 0 bridgehead atoms. The van der Waals surface area contributed by atoms with Crippen molar-refractivity contribution in [3.05, 3.63) is 34.4 Å². The molecule has 0 saturated heterocycles. The van der Waals surface area contributed by atoms with Crippen LogP contribution in [0.25, 0.3) is 6.08 Å². The minimum Gasteiger partial charge on any atom is -0.482 e. The molecule has 2 nitrogen and oxygen atoms in total. The number of aliphatic hydroxyl groups is 1. The molecule has 0 radical (unpaired) electrons. The standard InChI is InChI=1S/C12H13ClO2/c1-12(2)6-5-9-8(7-14)3-4-10(13)11(9)15-12/h3-6,14H,7H2,1-2H3. The Kier molecular flexibility index (Phi) is 2.49. The fourth-order valence-electron chi connectivity index (χ4n) is 1.62. The van der Waals surface area contributed by atoms with Crippen LogP contribution in [0.4, 0.5) is 0 Å². The van der Waals surface area contributed by atoms with Crippen molar-refractivity contribution in [2.24, 2.45) is 0 Å². The van der Waals surface area contributed by atoms with E-state index in [9.17, 15) is 5.11 Å². The highest BCUT2D eigenvalue weighted by atomic mass is 35.5. The van der Waals surface area contributed by atoms with Gasteiger partial charge in [0.15, 0.2) is 0 Å². The molecule has 0 unspecified atom stereocenters. The highest BCUT2D eigenvalue weighted by Crippen LogP contribution is 2.38. The van der Waals surface area contributed by atoms with Gasteiger partial charge in [0.05, 0.1) is 11.6 Å². The largest absolute Gasteiger partial charge is 0.482 e. The number of halogens is 1. The van der Waals surface area contributed by atoms with Crippen LogP contribution >= 0.6 is 11.6 Å². The molecule has 0 spiro atoms. The van der Waals surface area contributed by atoms with Crippen molar-refractivity contribution in [2.75, 3.05) is 0 Å². The van der Waals surface area contributed by atoms with Crippen molar-refractivity contribution in [3.63, 3.8) is 0 Å². The fourth-order valence-corrected chi connectivity index (χ4v) is 1.82. The average molecular weight is 225 g/mol. The molecule has 0 atom stereocenters. The predicted octanol–water partition coefficient (Wildman–Crippen LogP) is 3.02. The Morgan fingerprint density at radius 1 is 1.40 bits per heavy atom. The number of aliphatic hydroxyl groups excluding tert-OH is 1. The lowest BCUT2D eigenvalue weighted by Gasteiger charge is -2.29. The van der Waals surface area contributed by atoms with Gasteiger partial charge in [-0.15, -0.1) is 0 Å². The summed E-state index contributed by atoms with van der Waals surface area (Å²) in [5.74, 6) is 0.663. The zero-order valence-corrected chi connectivity index (χ0v) is 9.51. The second-order valence-corrected chi connectivity index (χ2v) is 4.55. The van der Waals surface area contributed by atoms with E-state index in [4.69, 9.17) is 16.3 Å². The summed E-state index contributed by atoms with van der Waals surface area (Å²) in [6.45, 7) is 3.93. The van der Waals surface area contributed by atoms with Crippen molar-refractivity contribution in [2.45, 2.75) is 26.1 Å². The normalized spacial score (nSPS) is 17.1. The maximum atomic E-state index is 9.18. The molecule has 0 aliphatic carbocycles. The zero-order valence-electron chi connectivity index (χ0n) is 8.75. The van der Waals surface area contributed by atoms with E-state index in [-0.39, 0.29) is 12.2 Å². The molecule has 15 heavy (non-hydrogen) atoms. The van der Waals surface area contributed by atoms with Crippen LogP contribution in [0.2, 0.25) is 5.02 Å². The average Bonchev–Trinajstić information content (AvgIpc) is 2.18. The highest BCUT2D eigenvalue weighted by molar-refractivity contribution is 6.32. The van der Waals surface area contributed by atoms with E-state index in [2.05, 4.69) is 0 Å². The van der Waals surface area contributed by atoms with Gasteiger partial charge in [-0.25, -0.2) is 0 Å². The maximum absolute atomic E-state index is 9.18. The van der Waals surface area contributed by atoms with Crippen LogP contribution < -0.4 is 4.74 Å². The molecule has 1 aliphatic heterocycles. The van der Waals surface area contributed by atoms with Crippen LogP contribution in [0.5, 0.6) is 5.75 Å². The van der Waals surface area contributed by atoms with Gasteiger partial charge in [0.25, 0.3) is 0 Å². The molecule has 0 aromatic heterocycles. The Labute approximate surface area is 94.1 Å². The molecule has 1 aromatic carbocycles. The Morgan fingerprint density at radius 2 is 2.13 bits per heavy atom. The molecule has 0 saturated carbocycles. The van der Waals surface area contributed by atoms with Crippen molar-refractivity contribution < 1.29 is 9.84 Å². The van der Waals surface area contributed by atoms with Gasteiger partial charge in [-0.1, -0.05) is 23.7 Å². The lowest BCUT2D eigenvalue weighted by molar-refractivity contribution is 0.158. The topological polar surface area (TPSA) is 29.5 Å². The van der Waals surface area contributed by atoms with Crippen LogP contribution in [-0.2, 0) is 6.61 Å². The van der Waals surface area contributed by atoms with E-state index in [1.807, 2.05) is 32.1 Å². The number of hydrogen-bond donors (Lipinski definition) is 1. The molecule has 0 amide bonds. The molecule has 1 heterocycles. The summed E-state index contributed by atoms with van der Waals surface area (Å²) in [7, 11) is 0. The smallest absolute Gasteiger partial charge is 0.146 e. The third-order valence-electron chi connectivity index (χ3n) is 2.43. The van der Waals surface area contributed by atoms with E-state index < -0.39 is 0 Å². The van der Waals surface area contributed by atoms with Crippen LogP contribution in [0, 0.1) is 0 Å². The van der Waals surface area contributed by atoms with E-state index in [1.54, 1.807) is 6.07 Å². The van der Waals surface area contributed by atoms with E-state index in [1.165, 1.54) is 0 Å². The Morgan fingerprint density at radius 3 is 2.80 bits per heavy atom. The molecular weight excluding hydrogens is 212 g/mol. The van der Waals surface area contributed by atoms with Gasteiger partial charge in [0, 0.05) is 5.56 Å². The number of fused-ring (bicyclic) bond motifs is 1. The minimum absolute atomic E-state index is 0.00632. The second kappa shape index (κ2) is 3.54. The maximum Gasteiger partial charge on any atom is 0.146 e. The molecule has 2 rings (SSSR count). The Balaban J connectivity index is 2.58. The predicted molar refractivity (Wildman–Crippen MR) is 61.1 cm³/mol. The van der Waals surface area contributed by atoms with Gasteiger partial charge in [0.2, 0.25) is 0 Å². The lowest BCUT2D eigenvalue weighted by Crippen LogP contribution is -2.28. The second-order valence-electron chi connectivity index (χ2n) is 4.15. The third kappa shape index (κ3) is 1.87. The summed E-state index contributed by atoms with van der Waals surface area (Å²) < 4.78 is 5.76. The zero-order chi connectivity index (χ0) is 11.1. The Bertz CT molecular complexity index is 422. The molecule has 1 N–H and O–H groups in total. The first kappa shape index (κ1) is 10.5. The molecule has 80 valence electrons. The first-order valence-corrected chi connectivity index (χ1v) is 5.22. The summed E-state index contributed by atoms with van der Waals surface area (Å²) in [6, 6.07) is 3.56. The van der Waals surface area contributed by atoms with Crippen molar-refractivity contribution in [3.8, 4) is 5.75 Å². The van der Waals surface area contributed by atoms with Gasteiger partial charge >= 0.3 is 0 Å². The molecule has 1 aliphatic rings. The first-order chi connectivity index (χ1) is 7.03. The summed E-state index contributed by atoms with van der Waals surface area (Å²) in [6.07, 6.45) is 3.92. The van der Waals surface area contributed by atoms with Crippen LogP contribution in [-0.4, -0.2) is 10.7 Å². The van der Waals surface area contributed by atoms with Crippen LogP contribution in [0.3, 0.4) is 0 Å². The van der Waals surface area contributed by atoms with Crippen molar-refractivity contribution in [1.82, 2.24) is 0 Å². The molecule has 0 fully saturated rings. The molecular formula is C12H13ClO2. The first-order valence-electron chi connectivity index (χ1n) is 4.84.